The number of carbonyl (C=O) groups is 1. The molecule has 2 aromatic rings. The number of hydrogen-bond acceptors (Lipinski definition) is 4. The third-order valence-corrected chi connectivity index (χ3v) is 3.84. The lowest BCUT2D eigenvalue weighted by atomic mass is 10.2. The molecular formula is C14H9Br2NO4. The smallest absolute Gasteiger partial charge is 0.269 e. The van der Waals surface area contributed by atoms with Crippen molar-refractivity contribution in [1.29, 1.82) is 0 Å². The number of rotatable bonds is 5. The lowest BCUT2D eigenvalue weighted by Gasteiger charge is -2.11. The van der Waals surface area contributed by atoms with Crippen molar-refractivity contribution < 1.29 is 14.5 Å². The molecule has 0 aromatic heterocycles. The summed E-state index contributed by atoms with van der Waals surface area (Å²) in [6.45, 7) is 0.180. The van der Waals surface area contributed by atoms with Crippen LogP contribution >= 0.6 is 31.9 Å². The summed E-state index contributed by atoms with van der Waals surface area (Å²) in [5.41, 5.74) is 1.21. The van der Waals surface area contributed by atoms with Crippen LogP contribution in [-0.4, -0.2) is 11.2 Å². The van der Waals surface area contributed by atoms with E-state index in [0.717, 1.165) is 6.29 Å². The number of nitrogens with zero attached hydrogens (tertiary/aromatic N) is 1. The first-order chi connectivity index (χ1) is 10.0. The van der Waals surface area contributed by atoms with Crippen molar-refractivity contribution in [3.8, 4) is 5.75 Å². The van der Waals surface area contributed by atoms with Crippen LogP contribution in [0.1, 0.15) is 15.9 Å². The van der Waals surface area contributed by atoms with Gasteiger partial charge >= 0.3 is 0 Å². The van der Waals surface area contributed by atoms with E-state index in [-0.39, 0.29) is 12.3 Å². The highest BCUT2D eigenvalue weighted by Gasteiger charge is 2.11. The number of aldehydes is 1. The first-order valence-electron chi connectivity index (χ1n) is 5.81. The molecule has 5 nitrogen and oxygen atoms in total. The van der Waals surface area contributed by atoms with Gasteiger partial charge in [0.1, 0.15) is 18.6 Å². The molecule has 0 saturated carbocycles. The molecule has 0 heterocycles. The highest BCUT2D eigenvalue weighted by atomic mass is 79.9. The fourth-order valence-corrected chi connectivity index (χ4v) is 3.15. The molecule has 2 rings (SSSR count). The largest absolute Gasteiger partial charge is 0.487 e. The monoisotopic (exact) mass is 413 g/mol. The van der Waals surface area contributed by atoms with Crippen molar-refractivity contribution >= 4 is 43.8 Å². The summed E-state index contributed by atoms with van der Waals surface area (Å²) in [7, 11) is 0. The Hall–Kier alpha value is -1.73. The van der Waals surface area contributed by atoms with Crippen LogP contribution in [0, 0.1) is 10.1 Å². The second-order valence-electron chi connectivity index (χ2n) is 4.15. The van der Waals surface area contributed by atoms with Gasteiger partial charge in [-0.05, 0) is 49.6 Å². The van der Waals surface area contributed by atoms with Crippen LogP contribution in [0.2, 0.25) is 0 Å². The number of ether oxygens (including phenoxy) is 1. The molecule has 0 aliphatic rings. The summed E-state index contributed by atoms with van der Waals surface area (Å²) in [5, 5.41) is 10.7. The lowest BCUT2D eigenvalue weighted by Crippen LogP contribution is -1.98. The van der Waals surface area contributed by atoms with E-state index in [1.807, 2.05) is 0 Å². The van der Waals surface area contributed by atoms with E-state index in [0.29, 0.717) is 25.8 Å². The molecule has 2 aromatic carbocycles. The first kappa shape index (κ1) is 15.7. The van der Waals surface area contributed by atoms with Gasteiger partial charge in [-0.25, -0.2) is 0 Å². The van der Waals surface area contributed by atoms with E-state index >= 15 is 0 Å². The van der Waals surface area contributed by atoms with Crippen molar-refractivity contribution in [3.63, 3.8) is 0 Å². The van der Waals surface area contributed by atoms with Gasteiger partial charge in [0.15, 0.2) is 0 Å². The number of nitro benzene ring substituents is 1. The summed E-state index contributed by atoms with van der Waals surface area (Å²) < 4.78 is 6.91. The summed E-state index contributed by atoms with van der Waals surface area (Å²) >= 11 is 6.66. The molecule has 0 aliphatic carbocycles. The fraction of sp³-hybridized carbons (Fsp3) is 0.0714. The Labute approximate surface area is 137 Å². The van der Waals surface area contributed by atoms with Gasteiger partial charge in [0.05, 0.1) is 13.9 Å². The van der Waals surface area contributed by atoms with Crippen molar-refractivity contribution in [1.82, 2.24) is 0 Å². The standard InChI is InChI=1S/C14H9Br2NO4/c15-12-5-10(7-18)6-13(16)14(12)21-8-9-2-1-3-11(4-9)17(19)20/h1-7H,8H2. The molecule has 0 aliphatic heterocycles. The molecule has 0 spiro atoms. The van der Waals surface area contributed by atoms with E-state index in [4.69, 9.17) is 4.74 Å². The van der Waals surface area contributed by atoms with Gasteiger partial charge in [-0.1, -0.05) is 12.1 Å². The van der Waals surface area contributed by atoms with E-state index in [1.54, 1.807) is 24.3 Å². The topological polar surface area (TPSA) is 69.4 Å². The van der Waals surface area contributed by atoms with Gasteiger partial charge in [-0.15, -0.1) is 0 Å². The average molecular weight is 415 g/mol. The zero-order valence-corrected chi connectivity index (χ0v) is 13.8. The Morgan fingerprint density at radius 3 is 2.43 bits per heavy atom. The Bertz CT molecular complexity index is 680. The second kappa shape index (κ2) is 6.82. The minimum atomic E-state index is -0.450. The maximum absolute atomic E-state index is 10.8. The second-order valence-corrected chi connectivity index (χ2v) is 5.86. The molecule has 0 unspecified atom stereocenters. The number of benzene rings is 2. The summed E-state index contributed by atoms with van der Waals surface area (Å²) in [6.07, 6.45) is 0.736. The van der Waals surface area contributed by atoms with Gasteiger partial charge in [-0.2, -0.15) is 0 Å². The Kier molecular flexibility index (Phi) is 5.08. The SMILES string of the molecule is O=Cc1cc(Br)c(OCc2cccc([N+](=O)[O-])c2)c(Br)c1. The first-order valence-corrected chi connectivity index (χ1v) is 7.40. The average Bonchev–Trinajstić information content (AvgIpc) is 2.46. The number of hydrogen-bond donors (Lipinski definition) is 0. The zero-order chi connectivity index (χ0) is 15.4. The lowest BCUT2D eigenvalue weighted by molar-refractivity contribution is -0.384. The van der Waals surface area contributed by atoms with Crippen LogP contribution in [0.15, 0.2) is 45.3 Å². The van der Waals surface area contributed by atoms with Crippen LogP contribution in [0.5, 0.6) is 5.75 Å². The van der Waals surface area contributed by atoms with Gasteiger partial charge in [0, 0.05) is 17.7 Å². The van der Waals surface area contributed by atoms with Crippen molar-refractivity contribution in [2.24, 2.45) is 0 Å². The molecular weight excluding hydrogens is 406 g/mol. The van der Waals surface area contributed by atoms with Gasteiger partial charge in [-0.3, -0.25) is 14.9 Å². The number of nitro groups is 1. The summed E-state index contributed by atoms with van der Waals surface area (Å²) in [4.78, 5) is 21.0. The zero-order valence-electron chi connectivity index (χ0n) is 10.6. The molecule has 0 atom stereocenters. The highest BCUT2D eigenvalue weighted by Crippen LogP contribution is 2.35. The molecule has 108 valence electrons. The van der Waals surface area contributed by atoms with E-state index in [2.05, 4.69) is 31.9 Å². The van der Waals surface area contributed by atoms with Gasteiger partial charge in [0.25, 0.3) is 5.69 Å². The molecule has 0 amide bonds. The molecule has 7 heteroatoms. The Morgan fingerprint density at radius 1 is 1.19 bits per heavy atom. The summed E-state index contributed by atoms with van der Waals surface area (Å²) in [6, 6.07) is 9.52. The maximum Gasteiger partial charge on any atom is 0.269 e. The minimum absolute atomic E-state index is 0.0190. The predicted molar refractivity (Wildman–Crippen MR) is 84.7 cm³/mol. The quantitative estimate of drug-likeness (QED) is 0.410. The van der Waals surface area contributed by atoms with Crippen LogP contribution < -0.4 is 4.74 Å². The maximum atomic E-state index is 10.8. The third kappa shape index (κ3) is 3.89. The van der Waals surface area contributed by atoms with Crippen molar-refractivity contribution in [2.45, 2.75) is 6.61 Å². The van der Waals surface area contributed by atoms with Crippen molar-refractivity contribution in [2.75, 3.05) is 0 Å². The fourth-order valence-electron chi connectivity index (χ4n) is 1.70. The molecule has 21 heavy (non-hydrogen) atoms. The number of halogens is 2. The molecule has 0 saturated heterocycles. The van der Waals surface area contributed by atoms with Crippen LogP contribution in [0.25, 0.3) is 0 Å². The van der Waals surface area contributed by atoms with E-state index in [1.165, 1.54) is 12.1 Å². The van der Waals surface area contributed by atoms with Gasteiger partial charge in [0.2, 0.25) is 0 Å². The highest BCUT2D eigenvalue weighted by molar-refractivity contribution is 9.11. The third-order valence-electron chi connectivity index (χ3n) is 2.66. The molecule has 0 bridgehead atoms. The minimum Gasteiger partial charge on any atom is -0.487 e. The van der Waals surface area contributed by atoms with Gasteiger partial charge < -0.3 is 4.74 Å². The van der Waals surface area contributed by atoms with E-state index in [9.17, 15) is 14.9 Å². The summed E-state index contributed by atoms with van der Waals surface area (Å²) in [5.74, 6) is 0.534. The van der Waals surface area contributed by atoms with Crippen LogP contribution in [0.3, 0.4) is 0 Å². The molecule has 0 radical (unpaired) electrons. The van der Waals surface area contributed by atoms with Crippen molar-refractivity contribution in [3.05, 3.63) is 66.6 Å². The normalized spacial score (nSPS) is 10.2. The Balaban J connectivity index is 2.18. The number of non-ortho nitro benzene ring substituents is 1. The van der Waals surface area contributed by atoms with E-state index < -0.39 is 4.92 Å². The Morgan fingerprint density at radius 2 is 1.86 bits per heavy atom. The van der Waals surface area contributed by atoms with Crippen LogP contribution in [-0.2, 0) is 6.61 Å². The molecule has 0 N–H and O–H groups in total. The number of carbonyl (C=O) groups excluding carboxylic acids is 1. The predicted octanol–water partition coefficient (Wildman–Crippen LogP) is 4.51. The van der Waals surface area contributed by atoms with Crippen LogP contribution in [0.4, 0.5) is 5.69 Å². The molecule has 0 fully saturated rings.